The van der Waals surface area contributed by atoms with Crippen LogP contribution in [-0.4, -0.2) is 50.3 Å². The summed E-state index contributed by atoms with van der Waals surface area (Å²) in [4.78, 5) is 12.7. The molecule has 0 heterocycles. The number of amides is 1. The van der Waals surface area contributed by atoms with Crippen molar-refractivity contribution in [2.24, 2.45) is 0 Å². The van der Waals surface area contributed by atoms with Crippen molar-refractivity contribution in [1.29, 1.82) is 0 Å². The Bertz CT molecular complexity index is 697. The average Bonchev–Trinajstić information content (AvgIpc) is 2.55. The first kappa shape index (κ1) is 23.6. The third kappa shape index (κ3) is 8.01. The summed E-state index contributed by atoms with van der Waals surface area (Å²) in [5, 5.41) is 2.87. The molecule has 0 aliphatic heterocycles. The van der Waals surface area contributed by atoms with Gasteiger partial charge in [-0.3, -0.25) is 9.10 Å². The van der Waals surface area contributed by atoms with Gasteiger partial charge >= 0.3 is 0 Å². The van der Waals surface area contributed by atoms with Crippen LogP contribution in [-0.2, 0) is 14.8 Å². The Balaban J connectivity index is 2.94. The Labute approximate surface area is 168 Å². The van der Waals surface area contributed by atoms with Crippen molar-refractivity contribution in [3.8, 4) is 5.75 Å². The minimum atomic E-state index is -3.63. The fourth-order valence-corrected chi connectivity index (χ4v) is 4.59. The highest BCUT2D eigenvalue weighted by atomic mass is 32.2. The minimum absolute atomic E-state index is 0.121. The zero-order valence-electron chi connectivity index (χ0n) is 17.1. The van der Waals surface area contributed by atoms with Gasteiger partial charge in [0.2, 0.25) is 15.9 Å². The molecule has 0 bridgehead atoms. The lowest BCUT2D eigenvalue weighted by molar-refractivity contribution is -0.122. The molecular weight excluding hydrogens is 384 g/mol. The average molecular weight is 417 g/mol. The minimum Gasteiger partial charge on any atom is -0.494 e. The molecule has 6 nitrogen and oxygen atoms in total. The van der Waals surface area contributed by atoms with Crippen LogP contribution in [0.15, 0.2) is 24.3 Å². The van der Waals surface area contributed by atoms with E-state index >= 15 is 0 Å². The Kier molecular flexibility index (Phi) is 8.94. The summed E-state index contributed by atoms with van der Waals surface area (Å²) in [5.41, 5.74) is 0.451. The molecule has 1 aromatic rings. The summed E-state index contributed by atoms with van der Waals surface area (Å²) in [6, 6.07) is 5.95. The Morgan fingerprint density at radius 2 is 1.81 bits per heavy atom. The van der Waals surface area contributed by atoms with Gasteiger partial charge in [-0.15, -0.1) is 0 Å². The highest BCUT2D eigenvalue weighted by Crippen LogP contribution is 2.25. The third-order valence-corrected chi connectivity index (χ3v) is 6.12. The van der Waals surface area contributed by atoms with Crippen LogP contribution in [0, 0.1) is 0 Å². The molecule has 8 heteroatoms. The fourth-order valence-electron chi connectivity index (χ4n) is 2.57. The van der Waals surface area contributed by atoms with Crippen molar-refractivity contribution in [3.63, 3.8) is 0 Å². The van der Waals surface area contributed by atoms with E-state index in [1.807, 2.05) is 6.92 Å². The molecule has 1 atom stereocenters. The van der Waals surface area contributed by atoms with Gasteiger partial charge in [-0.1, -0.05) is 27.7 Å². The van der Waals surface area contributed by atoms with E-state index in [0.29, 0.717) is 31.0 Å². The Morgan fingerprint density at radius 3 is 2.26 bits per heavy atom. The molecule has 0 saturated heterocycles. The molecule has 0 fully saturated rings. The van der Waals surface area contributed by atoms with E-state index in [9.17, 15) is 13.2 Å². The topological polar surface area (TPSA) is 75.7 Å². The van der Waals surface area contributed by atoms with Gasteiger partial charge in [0.1, 0.15) is 11.8 Å². The van der Waals surface area contributed by atoms with Crippen LogP contribution in [0.2, 0.25) is 0 Å². The number of carbonyl (C=O) groups excluding carboxylic acids is 1. The van der Waals surface area contributed by atoms with E-state index in [2.05, 4.69) is 26.1 Å². The summed E-state index contributed by atoms with van der Waals surface area (Å²) >= 11 is 1.75. The van der Waals surface area contributed by atoms with Crippen LogP contribution in [0.3, 0.4) is 0 Å². The van der Waals surface area contributed by atoms with Crippen LogP contribution >= 0.6 is 11.8 Å². The molecule has 154 valence electrons. The van der Waals surface area contributed by atoms with Crippen LogP contribution in [0.25, 0.3) is 0 Å². The predicted molar refractivity (Wildman–Crippen MR) is 114 cm³/mol. The van der Waals surface area contributed by atoms with Crippen molar-refractivity contribution in [2.75, 3.05) is 29.5 Å². The lowest BCUT2D eigenvalue weighted by atomic mass is 10.2. The third-order valence-electron chi connectivity index (χ3n) is 3.67. The second-order valence-corrected chi connectivity index (χ2v) is 10.9. The quantitative estimate of drug-likeness (QED) is 0.593. The largest absolute Gasteiger partial charge is 0.494 e. The number of rotatable bonds is 10. The molecular formula is C19H32N2O4S2. The van der Waals surface area contributed by atoms with E-state index in [1.54, 1.807) is 43.0 Å². The zero-order valence-corrected chi connectivity index (χ0v) is 18.7. The normalized spacial score (nSPS) is 13.1. The molecule has 0 unspecified atom stereocenters. The summed E-state index contributed by atoms with van der Waals surface area (Å²) in [6.45, 7) is 11.1. The molecule has 0 radical (unpaired) electrons. The molecule has 0 aliphatic rings. The summed E-state index contributed by atoms with van der Waals surface area (Å²) in [6.07, 6.45) is 1.49. The van der Waals surface area contributed by atoms with E-state index in [-0.39, 0.29) is 10.7 Å². The molecule has 0 saturated carbocycles. The number of hydrogen-bond donors (Lipinski definition) is 1. The van der Waals surface area contributed by atoms with Crippen molar-refractivity contribution >= 4 is 33.4 Å². The van der Waals surface area contributed by atoms with Crippen molar-refractivity contribution in [3.05, 3.63) is 24.3 Å². The van der Waals surface area contributed by atoms with Gasteiger partial charge in [-0.2, -0.15) is 11.8 Å². The van der Waals surface area contributed by atoms with Crippen LogP contribution < -0.4 is 14.4 Å². The van der Waals surface area contributed by atoms with Crippen LogP contribution in [0.1, 0.15) is 41.0 Å². The molecule has 0 aliphatic carbocycles. The van der Waals surface area contributed by atoms with E-state index < -0.39 is 16.1 Å². The first-order valence-electron chi connectivity index (χ1n) is 9.13. The molecule has 1 aromatic carbocycles. The highest BCUT2D eigenvalue weighted by Gasteiger charge is 2.31. The second-order valence-electron chi connectivity index (χ2n) is 7.16. The first-order chi connectivity index (χ1) is 12.5. The van der Waals surface area contributed by atoms with Gasteiger partial charge in [-0.05, 0) is 37.6 Å². The van der Waals surface area contributed by atoms with Gasteiger partial charge in [-0.25, -0.2) is 8.42 Å². The highest BCUT2D eigenvalue weighted by molar-refractivity contribution is 8.00. The van der Waals surface area contributed by atoms with Gasteiger partial charge in [0, 0.05) is 17.0 Å². The predicted octanol–water partition coefficient (Wildman–Crippen LogP) is 3.28. The number of ether oxygens (including phenoxy) is 1. The monoisotopic (exact) mass is 416 g/mol. The number of anilines is 1. The molecule has 27 heavy (non-hydrogen) atoms. The Morgan fingerprint density at radius 1 is 1.22 bits per heavy atom. The smallest absolute Gasteiger partial charge is 0.243 e. The van der Waals surface area contributed by atoms with E-state index in [4.69, 9.17) is 4.74 Å². The lowest BCUT2D eigenvalue weighted by Gasteiger charge is -2.30. The van der Waals surface area contributed by atoms with Crippen LogP contribution in [0.5, 0.6) is 5.75 Å². The second kappa shape index (κ2) is 10.2. The molecule has 0 aromatic heterocycles. The van der Waals surface area contributed by atoms with Crippen molar-refractivity contribution < 1.29 is 17.9 Å². The van der Waals surface area contributed by atoms with Crippen LogP contribution in [0.4, 0.5) is 5.69 Å². The fraction of sp³-hybridized carbons (Fsp3) is 0.632. The molecule has 1 N–H and O–H groups in total. The van der Waals surface area contributed by atoms with Gasteiger partial charge in [0.25, 0.3) is 0 Å². The number of benzene rings is 1. The number of nitrogens with one attached hydrogen (secondary N) is 1. The van der Waals surface area contributed by atoms with Crippen molar-refractivity contribution in [2.45, 2.75) is 51.8 Å². The number of hydrogen-bond acceptors (Lipinski definition) is 5. The van der Waals surface area contributed by atoms with Gasteiger partial charge in [0.05, 0.1) is 18.6 Å². The molecule has 0 spiro atoms. The van der Waals surface area contributed by atoms with E-state index in [0.717, 1.165) is 12.0 Å². The zero-order chi connectivity index (χ0) is 20.7. The molecule has 1 rings (SSSR count). The van der Waals surface area contributed by atoms with Gasteiger partial charge < -0.3 is 10.1 Å². The van der Waals surface area contributed by atoms with Crippen molar-refractivity contribution in [1.82, 2.24) is 5.32 Å². The maximum atomic E-state index is 12.7. The summed E-state index contributed by atoms with van der Waals surface area (Å²) < 4.78 is 31.6. The lowest BCUT2D eigenvalue weighted by Crippen LogP contribution is -2.49. The number of sulfonamides is 1. The first-order valence-corrected chi connectivity index (χ1v) is 12.0. The standard InChI is InChI=1S/C19H32N2O4S2/c1-7-17(18(22)20-13-14-26-19(3,4)5)21(27(6,23)24)15-9-11-16(12-10-15)25-8-2/h9-12,17H,7-8,13-14H2,1-6H3,(H,20,22)/t17-/m1/s1. The number of nitrogens with zero attached hydrogens (tertiary/aromatic N) is 1. The number of thioether (sulfide) groups is 1. The molecule has 1 amide bonds. The summed E-state index contributed by atoms with van der Waals surface area (Å²) in [5.74, 6) is 1.14. The van der Waals surface area contributed by atoms with Gasteiger partial charge in [0.15, 0.2) is 0 Å². The number of carbonyl (C=O) groups is 1. The summed E-state index contributed by atoms with van der Waals surface area (Å²) in [7, 11) is -3.63. The Hall–Kier alpha value is -1.41. The maximum absolute atomic E-state index is 12.7. The maximum Gasteiger partial charge on any atom is 0.243 e. The SMILES string of the molecule is CCOc1ccc(N([C@H](CC)C(=O)NCCSC(C)(C)C)S(C)(=O)=O)cc1. The van der Waals surface area contributed by atoms with E-state index in [1.165, 1.54) is 4.31 Å².